The number of carbonyl (C=O) groups excluding carboxylic acids is 1. The molecular formula is C11H10N6O3. The van der Waals surface area contributed by atoms with Gasteiger partial charge in [-0.2, -0.15) is 0 Å². The van der Waals surface area contributed by atoms with E-state index in [1.54, 1.807) is 0 Å². The Bertz CT molecular complexity index is 646. The van der Waals surface area contributed by atoms with Crippen molar-refractivity contribution in [2.24, 2.45) is 5.84 Å². The maximum Gasteiger partial charge on any atom is 0.293 e. The number of nitrogen functional groups attached to an aromatic ring is 1. The zero-order valence-electron chi connectivity index (χ0n) is 10.1. The van der Waals surface area contributed by atoms with Crippen molar-refractivity contribution in [1.82, 2.24) is 9.97 Å². The molecule has 0 radical (unpaired) electrons. The van der Waals surface area contributed by atoms with Crippen molar-refractivity contribution in [3.63, 3.8) is 0 Å². The van der Waals surface area contributed by atoms with E-state index in [4.69, 9.17) is 5.84 Å². The highest BCUT2D eigenvalue weighted by molar-refractivity contribution is 6.05. The summed E-state index contributed by atoms with van der Waals surface area (Å²) in [6, 6.07) is 3.82. The maximum absolute atomic E-state index is 12.0. The second kappa shape index (κ2) is 5.71. The Morgan fingerprint density at radius 1 is 1.30 bits per heavy atom. The Morgan fingerprint density at radius 2 is 2.00 bits per heavy atom. The first-order chi connectivity index (χ1) is 9.61. The van der Waals surface area contributed by atoms with Crippen molar-refractivity contribution in [2.45, 2.75) is 0 Å². The Morgan fingerprint density at radius 3 is 2.60 bits per heavy atom. The number of benzene rings is 1. The van der Waals surface area contributed by atoms with Crippen molar-refractivity contribution < 1.29 is 9.72 Å². The van der Waals surface area contributed by atoms with E-state index in [0.717, 1.165) is 0 Å². The lowest BCUT2D eigenvalue weighted by Gasteiger charge is -2.06. The topological polar surface area (TPSA) is 136 Å². The van der Waals surface area contributed by atoms with Crippen molar-refractivity contribution >= 4 is 23.0 Å². The lowest BCUT2D eigenvalue weighted by molar-refractivity contribution is -0.384. The minimum Gasteiger partial charge on any atom is -0.319 e. The van der Waals surface area contributed by atoms with Crippen LogP contribution in [0.15, 0.2) is 36.9 Å². The molecule has 1 heterocycles. The zero-order chi connectivity index (χ0) is 14.5. The Balaban J connectivity index is 2.25. The largest absolute Gasteiger partial charge is 0.319 e. The second-order valence-corrected chi connectivity index (χ2v) is 3.71. The molecule has 9 nitrogen and oxygen atoms in total. The smallest absolute Gasteiger partial charge is 0.293 e. The third-order valence-electron chi connectivity index (χ3n) is 2.43. The van der Waals surface area contributed by atoms with Crippen LogP contribution in [0.2, 0.25) is 0 Å². The average molecular weight is 274 g/mol. The molecule has 0 unspecified atom stereocenters. The van der Waals surface area contributed by atoms with E-state index in [0.29, 0.717) is 5.69 Å². The lowest BCUT2D eigenvalue weighted by Crippen LogP contribution is -2.14. The van der Waals surface area contributed by atoms with Gasteiger partial charge in [-0.25, -0.2) is 9.97 Å². The highest BCUT2D eigenvalue weighted by Gasteiger charge is 2.16. The molecule has 0 bridgehead atoms. The van der Waals surface area contributed by atoms with Crippen LogP contribution in [0.4, 0.5) is 17.1 Å². The van der Waals surface area contributed by atoms with Gasteiger partial charge in [-0.1, -0.05) is 0 Å². The van der Waals surface area contributed by atoms with Gasteiger partial charge in [0.2, 0.25) is 0 Å². The van der Waals surface area contributed by atoms with E-state index < -0.39 is 10.8 Å². The number of amides is 1. The van der Waals surface area contributed by atoms with Crippen molar-refractivity contribution in [1.29, 1.82) is 0 Å². The molecule has 1 aromatic carbocycles. The first-order valence-electron chi connectivity index (χ1n) is 5.43. The number of nitrogens with two attached hydrogens (primary N) is 1. The standard InChI is InChI=1S/C11H10N6O3/c12-16-9-3-7(1-2-10(9)17(19)20)11(18)15-8-4-13-6-14-5-8/h1-6,16H,12H2,(H,15,18). The Hall–Kier alpha value is -3.07. The first kappa shape index (κ1) is 13.4. The monoisotopic (exact) mass is 274 g/mol. The highest BCUT2D eigenvalue weighted by atomic mass is 16.6. The van der Waals surface area contributed by atoms with Crippen molar-refractivity contribution in [2.75, 3.05) is 10.7 Å². The Labute approximate surface area is 113 Å². The van der Waals surface area contributed by atoms with Crippen LogP contribution in [-0.2, 0) is 0 Å². The van der Waals surface area contributed by atoms with Gasteiger partial charge in [0.15, 0.2) is 0 Å². The summed E-state index contributed by atoms with van der Waals surface area (Å²) in [5, 5.41) is 13.3. The van der Waals surface area contributed by atoms with Gasteiger partial charge in [-0.05, 0) is 12.1 Å². The third-order valence-corrected chi connectivity index (χ3v) is 2.43. The molecular weight excluding hydrogens is 264 g/mol. The van der Waals surface area contributed by atoms with E-state index in [1.807, 2.05) is 0 Å². The first-order valence-corrected chi connectivity index (χ1v) is 5.43. The molecule has 9 heteroatoms. The van der Waals surface area contributed by atoms with E-state index >= 15 is 0 Å². The summed E-state index contributed by atoms with van der Waals surface area (Å²) in [5.41, 5.74) is 2.65. The number of hydrazine groups is 1. The van der Waals surface area contributed by atoms with Gasteiger partial charge in [0.05, 0.1) is 23.0 Å². The molecule has 4 N–H and O–H groups in total. The van der Waals surface area contributed by atoms with Crippen LogP contribution in [-0.4, -0.2) is 20.8 Å². The van der Waals surface area contributed by atoms with Crippen LogP contribution >= 0.6 is 0 Å². The molecule has 0 saturated heterocycles. The molecule has 0 saturated carbocycles. The van der Waals surface area contributed by atoms with Gasteiger partial charge in [0.25, 0.3) is 11.6 Å². The predicted molar refractivity (Wildman–Crippen MR) is 70.9 cm³/mol. The second-order valence-electron chi connectivity index (χ2n) is 3.71. The predicted octanol–water partition coefficient (Wildman–Crippen LogP) is 0.923. The highest BCUT2D eigenvalue weighted by Crippen LogP contribution is 2.24. The van der Waals surface area contributed by atoms with Crippen LogP contribution in [0.25, 0.3) is 0 Å². The molecule has 0 spiro atoms. The van der Waals surface area contributed by atoms with Gasteiger partial charge < -0.3 is 10.7 Å². The molecule has 2 aromatic rings. The quantitative estimate of drug-likeness (QED) is 0.428. The van der Waals surface area contributed by atoms with Gasteiger partial charge in [0, 0.05) is 11.6 Å². The van der Waals surface area contributed by atoms with E-state index in [1.165, 1.54) is 36.9 Å². The third kappa shape index (κ3) is 2.84. The SMILES string of the molecule is NNc1cc(C(=O)Nc2cncnc2)ccc1[N+](=O)[O-]. The number of nitro groups is 1. The van der Waals surface area contributed by atoms with Gasteiger partial charge in [0.1, 0.15) is 12.0 Å². The fourth-order valence-electron chi connectivity index (χ4n) is 1.52. The molecule has 2 rings (SSSR count). The summed E-state index contributed by atoms with van der Waals surface area (Å²) in [4.78, 5) is 29.6. The van der Waals surface area contributed by atoms with Crippen LogP contribution in [0.5, 0.6) is 0 Å². The number of nitrogens with one attached hydrogen (secondary N) is 2. The molecule has 102 valence electrons. The zero-order valence-corrected chi connectivity index (χ0v) is 10.1. The number of rotatable bonds is 4. The molecule has 0 aliphatic rings. The minimum absolute atomic E-state index is 0.0481. The summed E-state index contributed by atoms with van der Waals surface area (Å²) in [5.74, 6) is 4.75. The summed E-state index contributed by atoms with van der Waals surface area (Å²) < 4.78 is 0. The fourth-order valence-corrected chi connectivity index (χ4v) is 1.52. The molecule has 0 aliphatic carbocycles. The normalized spacial score (nSPS) is 9.85. The van der Waals surface area contributed by atoms with Crippen LogP contribution < -0.4 is 16.6 Å². The molecule has 20 heavy (non-hydrogen) atoms. The lowest BCUT2D eigenvalue weighted by atomic mass is 10.1. The number of anilines is 2. The maximum atomic E-state index is 12.0. The number of hydrogen-bond donors (Lipinski definition) is 3. The van der Waals surface area contributed by atoms with Gasteiger partial charge >= 0.3 is 0 Å². The number of hydrogen-bond acceptors (Lipinski definition) is 7. The fraction of sp³-hybridized carbons (Fsp3) is 0. The van der Waals surface area contributed by atoms with Crippen molar-refractivity contribution in [3.8, 4) is 0 Å². The minimum atomic E-state index is -0.595. The van der Waals surface area contributed by atoms with E-state index in [2.05, 4.69) is 20.7 Å². The Kier molecular flexibility index (Phi) is 3.82. The van der Waals surface area contributed by atoms with Crippen LogP contribution in [0.3, 0.4) is 0 Å². The summed E-state index contributed by atoms with van der Waals surface area (Å²) in [7, 11) is 0. The van der Waals surface area contributed by atoms with Crippen molar-refractivity contribution in [3.05, 3.63) is 52.6 Å². The number of nitro benzene ring substituents is 1. The molecule has 1 aromatic heterocycles. The van der Waals surface area contributed by atoms with Crippen LogP contribution in [0.1, 0.15) is 10.4 Å². The number of aromatic nitrogens is 2. The average Bonchev–Trinajstić information content (AvgIpc) is 2.47. The van der Waals surface area contributed by atoms with Crippen LogP contribution in [0, 0.1) is 10.1 Å². The number of nitrogens with zero attached hydrogens (tertiary/aromatic N) is 3. The van der Waals surface area contributed by atoms with E-state index in [-0.39, 0.29) is 16.9 Å². The molecule has 1 amide bonds. The molecule has 0 aliphatic heterocycles. The summed E-state index contributed by atoms with van der Waals surface area (Å²) >= 11 is 0. The van der Waals surface area contributed by atoms with Gasteiger partial charge in [-0.15, -0.1) is 0 Å². The summed E-state index contributed by atoms with van der Waals surface area (Å²) in [6.45, 7) is 0. The van der Waals surface area contributed by atoms with Gasteiger partial charge in [-0.3, -0.25) is 20.8 Å². The molecule has 0 atom stereocenters. The number of carbonyl (C=O) groups is 1. The summed E-state index contributed by atoms with van der Waals surface area (Å²) in [6.07, 6.45) is 4.19. The molecule has 0 fully saturated rings. The van der Waals surface area contributed by atoms with E-state index in [9.17, 15) is 14.9 Å².